The van der Waals surface area contributed by atoms with Gasteiger partial charge in [0, 0.05) is 4.47 Å². The molecule has 0 atom stereocenters. The third-order valence-electron chi connectivity index (χ3n) is 2.33. The summed E-state index contributed by atoms with van der Waals surface area (Å²) in [6.45, 7) is 1.11. The van der Waals surface area contributed by atoms with Crippen LogP contribution in [0.4, 0.5) is 0 Å². The summed E-state index contributed by atoms with van der Waals surface area (Å²) < 4.78 is 32.6. The highest BCUT2D eigenvalue weighted by Gasteiger charge is 2.19. The molecule has 0 saturated heterocycles. The molecule has 0 bridgehead atoms. The van der Waals surface area contributed by atoms with Crippen molar-refractivity contribution in [1.29, 1.82) is 0 Å². The van der Waals surface area contributed by atoms with Crippen molar-refractivity contribution in [2.24, 2.45) is 0 Å². The van der Waals surface area contributed by atoms with Crippen molar-refractivity contribution in [3.63, 3.8) is 0 Å². The van der Waals surface area contributed by atoms with Gasteiger partial charge in [-0.05, 0) is 18.2 Å². The standard InChI is InChI=1S/C11H17BrN2O3S/c1-14(2)7-6-13-18(15,16)11-8-9(12)4-5-10(11)17-3/h4-5,8,13H,6-7H2,1-3H3/p+1. The number of nitrogens with one attached hydrogen (secondary N) is 2. The van der Waals surface area contributed by atoms with Gasteiger partial charge in [0.1, 0.15) is 10.6 Å². The van der Waals surface area contributed by atoms with Crippen molar-refractivity contribution in [2.45, 2.75) is 4.90 Å². The van der Waals surface area contributed by atoms with Gasteiger partial charge in [0.2, 0.25) is 10.0 Å². The summed E-state index contributed by atoms with van der Waals surface area (Å²) in [5, 5.41) is 0. The lowest BCUT2D eigenvalue weighted by Crippen LogP contribution is -3.06. The van der Waals surface area contributed by atoms with E-state index in [1.54, 1.807) is 12.1 Å². The zero-order valence-electron chi connectivity index (χ0n) is 10.7. The van der Waals surface area contributed by atoms with Gasteiger partial charge < -0.3 is 9.64 Å². The second kappa shape index (κ2) is 6.51. The first kappa shape index (κ1) is 15.4. The van der Waals surface area contributed by atoms with Gasteiger partial charge >= 0.3 is 0 Å². The summed E-state index contributed by atoms with van der Waals surface area (Å²) in [5.41, 5.74) is 0. The monoisotopic (exact) mass is 337 g/mol. The number of rotatable bonds is 6. The fraction of sp³-hybridized carbons (Fsp3) is 0.455. The van der Waals surface area contributed by atoms with Crippen LogP contribution in [0.15, 0.2) is 27.6 Å². The predicted octanol–water partition coefficient (Wildman–Crippen LogP) is -0.119. The molecule has 7 heteroatoms. The summed E-state index contributed by atoms with van der Waals surface area (Å²) in [5.74, 6) is 0.336. The number of ether oxygens (including phenoxy) is 1. The molecule has 0 aliphatic rings. The van der Waals surface area contributed by atoms with Crippen LogP contribution >= 0.6 is 15.9 Å². The first-order chi connectivity index (χ1) is 8.36. The van der Waals surface area contributed by atoms with E-state index in [0.717, 1.165) is 6.54 Å². The molecule has 18 heavy (non-hydrogen) atoms. The normalized spacial score (nSPS) is 11.8. The molecular formula is C11H18BrN2O3S+. The molecule has 0 amide bonds. The van der Waals surface area contributed by atoms with E-state index in [-0.39, 0.29) is 4.90 Å². The summed E-state index contributed by atoms with van der Waals surface area (Å²) >= 11 is 3.26. The van der Waals surface area contributed by atoms with Crippen molar-refractivity contribution < 1.29 is 18.1 Å². The molecule has 1 aromatic carbocycles. The molecule has 0 radical (unpaired) electrons. The molecule has 2 N–H and O–H groups in total. The number of methoxy groups -OCH3 is 1. The number of halogens is 1. The highest BCUT2D eigenvalue weighted by molar-refractivity contribution is 9.10. The Bertz CT molecular complexity index is 503. The zero-order chi connectivity index (χ0) is 13.8. The molecule has 5 nitrogen and oxygen atoms in total. The average molecular weight is 338 g/mol. The van der Waals surface area contributed by atoms with E-state index >= 15 is 0 Å². The smallest absolute Gasteiger partial charge is 0.244 e. The van der Waals surface area contributed by atoms with E-state index < -0.39 is 10.0 Å². The Morgan fingerprint density at radius 1 is 1.39 bits per heavy atom. The molecular weight excluding hydrogens is 320 g/mol. The number of hydrogen-bond acceptors (Lipinski definition) is 3. The summed E-state index contributed by atoms with van der Waals surface area (Å²) in [7, 11) is 1.84. The largest absolute Gasteiger partial charge is 0.495 e. The van der Waals surface area contributed by atoms with Gasteiger partial charge in [-0.2, -0.15) is 0 Å². The van der Waals surface area contributed by atoms with Crippen LogP contribution in [0.3, 0.4) is 0 Å². The van der Waals surface area contributed by atoms with Crippen LogP contribution in [-0.4, -0.2) is 42.7 Å². The lowest BCUT2D eigenvalue weighted by Gasteiger charge is -2.12. The first-order valence-corrected chi connectivity index (χ1v) is 7.76. The summed E-state index contributed by atoms with van der Waals surface area (Å²) in [6.07, 6.45) is 0. The number of sulfonamides is 1. The maximum absolute atomic E-state index is 12.1. The molecule has 0 heterocycles. The van der Waals surface area contributed by atoms with E-state index in [9.17, 15) is 8.42 Å². The topological polar surface area (TPSA) is 59.8 Å². The third-order valence-corrected chi connectivity index (χ3v) is 4.31. The molecule has 0 unspecified atom stereocenters. The maximum atomic E-state index is 12.1. The van der Waals surface area contributed by atoms with Gasteiger partial charge in [-0.15, -0.1) is 0 Å². The molecule has 0 aliphatic carbocycles. The number of quaternary nitrogens is 1. The quantitative estimate of drug-likeness (QED) is 0.760. The van der Waals surface area contributed by atoms with Crippen LogP contribution in [-0.2, 0) is 10.0 Å². The Kier molecular flexibility index (Phi) is 5.58. The van der Waals surface area contributed by atoms with Crippen molar-refractivity contribution in [1.82, 2.24) is 4.72 Å². The van der Waals surface area contributed by atoms with E-state index in [1.807, 2.05) is 14.1 Å². The van der Waals surface area contributed by atoms with E-state index in [0.29, 0.717) is 16.8 Å². The molecule has 1 rings (SSSR count). The molecule has 0 aromatic heterocycles. The molecule has 0 spiro atoms. The lowest BCUT2D eigenvalue weighted by atomic mass is 10.3. The van der Waals surface area contributed by atoms with E-state index in [1.165, 1.54) is 18.1 Å². The van der Waals surface area contributed by atoms with Gasteiger partial charge in [0.05, 0.1) is 34.3 Å². The van der Waals surface area contributed by atoms with Crippen molar-refractivity contribution >= 4 is 26.0 Å². The molecule has 102 valence electrons. The minimum Gasteiger partial charge on any atom is -0.495 e. The fourth-order valence-electron chi connectivity index (χ4n) is 1.37. The highest BCUT2D eigenvalue weighted by atomic mass is 79.9. The number of hydrogen-bond donors (Lipinski definition) is 2. The summed E-state index contributed by atoms with van der Waals surface area (Å²) in [4.78, 5) is 1.33. The second-order valence-corrected chi connectivity index (χ2v) is 6.80. The molecule has 0 saturated carbocycles. The number of benzene rings is 1. The van der Waals surface area contributed by atoms with Crippen LogP contribution in [0.2, 0.25) is 0 Å². The van der Waals surface area contributed by atoms with E-state index in [4.69, 9.17) is 4.74 Å². The zero-order valence-corrected chi connectivity index (χ0v) is 13.1. The van der Waals surface area contributed by atoms with Crippen LogP contribution < -0.4 is 14.4 Å². The van der Waals surface area contributed by atoms with Gasteiger partial charge in [0.25, 0.3) is 0 Å². The maximum Gasteiger partial charge on any atom is 0.244 e. The second-order valence-electron chi connectivity index (χ2n) is 4.15. The Balaban J connectivity index is 2.93. The van der Waals surface area contributed by atoms with E-state index in [2.05, 4.69) is 20.7 Å². The molecule has 0 fully saturated rings. The van der Waals surface area contributed by atoms with Crippen molar-refractivity contribution in [2.75, 3.05) is 34.3 Å². The Morgan fingerprint density at radius 2 is 2.06 bits per heavy atom. The molecule has 0 aliphatic heterocycles. The van der Waals surface area contributed by atoms with Gasteiger partial charge in [0.15, 0.2) is 0 Å². The summed E-state index contributed by atoms with van der Waals surface area (Å²) in [6, 6.07) is 4.89. The average Bonchev–Trinajstić information content (AvgIpc) is 2.28. The van der Waals surface area contributed by atoms with Crippen LogP contribution in [0, 0.1) is 0 Å². The van der Waals surface area contributed by atoms with Gasteiger partial charge in [-0.1, -0.05) is 15.9 Å². The third kappa shape index (κ3) is 4.24. The first-order valence-electron chi connectivity index (χ1n) is 5.49. The van der Waals surface area contributed by atoms with Gasteiger partial charge in [-0.25, -0.2) is 13.1 Å². The van der Waals surface area contributed by atoms with Crippen molar-refractivity contribution in [3.8, 4) is 5.75 Å². The van der Waals surface area contributed by atoms with Crippen LogP contribution in [0.25, 0.3) is 0 Å². The van der Waals surface area contributed by atoms with Crippen LogP contribution in [0.1, 0.15) is 0 Å². The van der Waals surface area contributed by atoms with Crippen LogP contribution in [0.5, 0.6) is 5.75 Å². The Hall–Kier alpha value is -0.630. The Labute approximate surface area is 116 Å². The lowest BCUT2D eigenvalue weighted by molar-refractivity contribution is -0.856. The SMILES string of the molecule is COc1ccc(Br)cc1S(=O)(=O)NCC[NH+](C)C. The fourth-order valence-corrected chi connectivity index (χ4v) is 3.11. The predicted molar refractivity (Wildman–Crippen MR) is 73.6 cm³/mol. The van der Waals surface area contributed by atoms with Crippen molar-refractivity contribution in [3.05, 3.63) is 22.7 Å². The molecule has 1 aromatic rings. The highest BCUT2D eigenvalue weighted by Crippen LogP contribution is 2.26. The Morgan fingerprint density at radius 3 is 2.61 bits per heavy atom. The minimum absolute atomic E-state index is 0.146. The number of likely N-dealkylation sites (N-methyl/N-ethyl adjacent to an activating group) is 1. The van der Waals surface area contributed by atoms with Gasteiger partial charge in [-0.3, -0.25) is 0 Å². The minimum atomic E-state index is -3.54.